The van der Waals surface area contributed by atoms with Gasteiger partial charge in [-0.05, 0) is 88.4 Å². The van der Waals surface area contributed by atoms with E-state index in [1.165, 1.54) is 37.8 Å². The summed E-state index contributed by atoms with van der Waals surface area (Å²) in [5.74, 6) is 2.88. The highest BCUT2D eigenvalue weighted by molar-refractivity contribution is 6.29. The highest BCUT2D eigenvalue weighted by atomic mass is 35.5. The second-order valence-corrected chi connectivity index (χ2v) is 10.8. The van der Waals surface area contributed by atoms with Crippen molar-refractivity contribution >= 4 is 29.1 Å². The van der Waals surface area contributed by atoms with Crippen LogP contribution >= 0.6 is 11.6 Å². The zero-order valence-electron chi connectivity index (χ0n) is 19.9. The number of rotatable bonds is 7. The molecule has 0 bridgehead atoms. The molecule has 0 radical (unpaired) electrons. The molecule has 7 nitrogen and oxygen atoms in total. The number of nitrogens with zero attached hydrogens (tertiary/aromatic N) is 4. The van der Waals surface area contributed by atoms with Crippen LogP contribution in [0.2, 0.25) is 5.15 Å². The van der Waals surface area contributed by atoms with Crippen LogP contribution in [0.25, 0.3) is 0 Å². The standard InChI is InChI=1S/C26H37ClN6O/c27-24-15-21(9-12-28-24)31-26-29-16-23(25(32-26)30-20-5-7-22(34)8-6-20)19-10-13-33(14-11-19)17-18-3-1-2-4-18/h9,12,15-16,18-20,22,34H,1-8,10-11,13-14,17H2,(H2,28,29,30,31,32). The molecule has 3 aliphatic rings. The number of halogens is 1. The molecule has 184 valence electrons. The summed E-state index contributed by atoms with van der Waals surface area (Å²) < 4.78 is 0. The lowest BCUT2D eigenvalue weighted by Gasteiger charge is -2.34. The highest BCUT2D eigenvalue weighted by Crippen LogP contribution is 2.35. The number of nitrogens with one attached hydrogen (secondary N) is 2. The average molecular weight is 485 g/mol. The minimum Gasteiger partial charge on any atom is -0.393 e. The van der Waals surface area contributed by atoms with Crippen molar-refractivity contribution < 1.29 is 5.11 Å². The minimum absolute atomic E-state index is 0.166. The molecule has 2 saturated carbocycles. The van der Waals surface area contributed by atoms with Gasteiger partial charge in [-0.15, -0.1) is 0 Å². The first-order valence-corrected chi connectivity index (χ1v) is 13.4. The fourth-order valence-corrected chi connectivity index (χ4v) is 6.05. The Morgan fingerprint density at radius 1 is 1.00 bits per heavy atom. The summed E-state index contributed by atoms with van der Waals surface area (Å²) in [5, 5.41) is 17.4. The molecule has 34 heavy (non-hydrogen) atoms. The predicted octanol–water partition coefficient (Wildman–Crippen LogP) is 5.35. The number of aliphatic hydroxyl groups is 1. The van der Waals surface area contributed by atoms with Gasteiger partial charge in [-0.2, -0.15) is 4.98 Å². The first-order valence-electron chi connectivity index (χ1n) is 13.0. The Bertz CT molecular complexity index is 937. The number of hydrogen-bond acceptors (Lipinski definition) is 7. The molecule has 1 aliphatic heterocycles. The van der Waals surface area contributed by atoms with Gasteiger partial charge in [0, 0.05) is 36.2 Å². The lowest BCUT2D eigenvalue weighted by Crippen LogP contribution is -2.36. The molecule has 0 spiro atoms. The van der Waals surface area contributed by atoms with Crippen molar-refractivity contribution in [3.05, 3.63) is 35.2 Å². The van der Waals surface area contributed by atoms with Crippen molar-refractivity contribution in [2.45, 2.75) is 82.3 Å². The Morgan fingerprint density at radius 2 is 1.76 bits per heavy atom. The van der Waals surface area contributed by atoms with E-state index in [1.807, 2.05) is 12.3 Å². The van der Waals surface area contributed by atoms with Gasteiger partial charge in [0.2, 0.25) is 5.95 Å². The van der Waals surface area contributed by atoms with E-state index in [2.05, 4.69) is 25.5 Å². The van der Waals surface area contributed by atoms with E-state index < -0.39 is 0 Å². The number of aromatic nitrogens is 3. The summed E-state index contributed by atoms with van der Waals surface area (Å²) >= 11 is 6.05. The molecular formula is C26H37ClN6O. The van der Waals surface area contributed by atoms with Crippen molar-refractivity contribution in [3.63, 3.8) is 0 Å². The molecule has 3 fully saturated rings. The number of anilines is 3. The largest absolute Gasteiger partial charge is 0.393 e. The molecule has 0 unspecified atom stereocenters. The quantitative estimate of drug-likeness (QED) is 0.456. The van der Waals surface area contributed by atoms with Crippen LogP contribution in [0.4, 0.5) is 17.5 Å². The number of piperidine rings is 1. The monoisotopic (exact) mass is 484 g/mol. The summed E-state index contributed by atoms with van der Waals surface area (Å²) in [4.78, 5) is 16.3. The second-order valence-electron chi connectivity index (χ2n) is 10.4. The van der Waals surface area contributed by atoms with Gasteiger partial charge >= 0.3 is 0 Å². The van der Waals surface area contributed by atoms with Gasteiger partial charge in [0.05, 0.1) is 6.10 Å². The van der Waals surface area contributed by atoms with E-state index in [1.54, 1.807) is 12.3 Å². The van der Waals surface area contributed by atoms with Gasteiger partial charge in [0.15, 0.2) is 0 Å². The average Bonchev–Trinajstić information content (AvgIpc) is 3.35. The summed E-state index contributed by atoms with van der Waals surface area (Å²) in [6.07, 6.45) is 15.1. The Hall–Kier alpha value is -1.96. The number of aliphatic hydroxyl groups excluding tert-OH is 1. The van der Waals surface area contributed by atoms with Crippen LogP contribution in [0, 0.1) is 5.92 Å². The molecule has 8 heteroatoms. The Balaban J connectivity index is 1.29. The molecule has 1 saturated heterocycles. The van der Waals surface area contributed by atoms with Crippen LogP contribution < -0.4 is 10.6 Å². The summed E-state index contributed by atoms with van der Waals surface area (Å²) in [7, 11) is 0. The number of pyridine rings is 1. The maximum absolute atomic E-state index is 9.92. The normalized spacial score (nSPS) is 24.9. The molecular weight excluding hydrogens is 448 g/mol. The SMILES string of the molecule is OC1CCC(Nc2nc(Nc3ccnc(Cl)c3)ncc2C2CCN(CC3CCCC3)CC2)CC1. The third kappa shape index (κ3) is 6.18. The maximum Gasteiger partial charge on any atom is 0.229 e. The van der Waals surface area contributed by atoms with E-state index in [4.69, 9.17) is 16.6 Å². The van der Waals surface area contributed by atoms with Crippen LogP contribution in [0.1, 0.15) is 75.7 Å². The van der Waals surface area contributed by atoms with Crippen molar-refractivity contribution in [1.82, 2.24) is 19.9 Å². The summed E-state index contributed by atoms with van der Waals surface area (Å²) in [6.45, 7) is 3.59. The maximum atomic E-state index is 9.92. The summed E-state index contributed by atoms with van der Waals surface area (Å²) in [5.41, 5.74) is 2.05. The number of likely N-dealkylation sites (tertiary alicyclic amines) is 1. The minimum atomic E-state index is -0.166. The fraction of sp³-hybridized carbons (Fsp3) is 0.654. The van der Waals surface area contributed by atoms with Gasteiger partial charge in [0.1, 0.15) is 11.0 Å². The van der Waals surface area contributed by atoms with Gasteiger partial charge in [0.25, 0.3) is 0 Å². The first-order chi connectivity index (χ1) is 16.6. The highest BCUT2D eigenvalue weighted by Gasteiger charge is 2.28. The third-order valence-corrected chi connectivity index (χ3v) is 8.06. The van der Waals surface area contributed by atoms with E-state index in [9.17, 15) is 5.11 Å². The first kappa shape index (κ1) is 23.8. The Kier molecular flexibility index (Phi) is 7.82. The smallest absolute Gasteiger partial charge is 0.229 e. The predicted molar refractivity (Wildman–Crippen MR) is 137 cm³/mol. The van der Waals surface area contributed by atoms with E-state index in [0.717, 1.165) is 69.0 Å². The van der Waals surface area contributed by atoms with E-state index >= 15 is 0 Å². The molecule has 5 rings (SSSR count). The van der Waals surface area contributed by atoms with Crippen molar-refractivity contribution in [2.75, 3.05) is 30.3 Å². The van der Waals surface area contributed by atoms with E-state index in [-0.39, 0.29) is 6.10 Å². The topological polar surface area (TPSA) is 86.2 Å². The molecule has 0 amide bonds. The van der Waals surface area contributed by atoms with Crippen LogP contribution in [-0.4, -0.2) is 56.7 Å². The molecule has 2 aliphatic carbocycles. The molecule has 3 N–H and O–H groups in total. The Morgan fingerprint density at radius 3 is 2.50 bits per heavy atom. The molecule has 3 heterocycles. The van der Waals surface area contributed by atoms with Crippen molar-refractivity contribution in [3.8, 4) is 0 Å². The van der Waals surface area contributed by atoms with Crippen molar-refractivity contribution in [1.29, 1.82) is 0 Å². The van der Waals surface area contributed by atoms with Gasteiger partial charge in [-0.3, -0.25) is 0 Å². The lowest BCUT2D eigenvalue weighted by molar-refractivity contribution is 0.126. The van der Waals surface area contributed by atoms with Gasteiger partial charge in [-0.1, -0.05) is 24.4 Å². The van der Waals surface area contributed by atoms with Gasteiger partial charge in [-0.25, -0.2) is 9.97 Å². The second kappa shape index (κ2) is 11.2. The van der Waals surface area contributed by atoms with Gasteiger partial charge < -0.3 is 20.6 Å². The van der Waals surface area contributed by atoms with Crippen molar-refractivity contribution in [2.24, 2.45) is 5.92 Å². The van der Waals surface area contributed by atoms with Crippen LogP contribution in [0.5, 0.6) is 0 Å². The Labute approximate surface area is 207 Å². The molecule has 2 aromatic rings. The zero-order valence-corrected chi connectivity index (χ0v) is 20.7. The van der Waals surface area contributed by atoms with E-state index in [0.29, 0.717) is 23.1 Å². The third-order valence-electron chi connectivity index (χ3n) is 7.86. The zero-order chi connectivity index (χ0) is 23.3. The fourth-order valence-electron chi connectivity index (χ4n) is 5.87. The van der Waals surface area contributed by atoms with Crippen LogP contribution in [0.3, 0.4) is 0 Å². The lowest BCUT2D eigenvalue weighted by atomic mass is 9.89. The molecule has 0 aromatic carbocycles. The summed E-state index contributed by atoms with van der Waals surface area (Å²) in [6, 6.07) is 3.97. The molecule has 0 atom stereocenters. The van der Waals surface area contributed by atoms with Crippen LogP contribution in [0.15, 0.2) is 24.5 Å². The molecule has 2 aromatic heterocycles. The van der Waals surface area contributed by atoms with Crippen LogP contribution in [-0.2, 0) is 0 Å². The number of hydrogen-bond donors (Lipinski definition) is 3.